The van der Waals surface area contributed by atoms with Crippen molar-refractivity contribution in [3.63, 3.8) is 0 Å². The molecule has 0 atom stereocenters. The molecule has 6 heteroatoms. The first-order chi connectivity index (χ1) is 7.52. The van der Waals surface area contributed by atoms with Crippen LogP contribution >= 0.6 is 0 Å². The summed E-state index contributed by atoms with van der Waals surface area (Å²) in [7, 11) is 0.889. The van der Waals surface area contributed by atoms with Crippen LogP contribution in [0.4, 0.5) is 0 Å². The molecule has 1 aromatic rings. The molecule has 0 aliphatic rings. The Morgan fingerprint density at radius 2 is 2.12 bits per heavy atom. The van der Waals surface area contributed by atoms with Gasteiger partial charge >= 0.3 is 0 Å². The van der Waals surface area contributed by atoms with Crippen LogP contribution < -0.4 is 0 Å². The number of aryl methyl sites for hydroxylation is 1. The average molecular weight is 227 g/mol. The number of unbranched alkanes of at least 4 members (excludes halogenated alkanes) is 1. The molecule has 0 saturated carbocycles. The van der Waals surface area contributed by atoms with Gasteiger partial charge in [-0.3, -0.25) is 14.8 Å². The van der Waals surface area contributed by atoms with Crippen molar-refractivity contribution in [2.75, 3.05) is 7.05 Å². The first-order valence-corrected chi connectivity index (χ1v) is 5.07. The third kappa shape index (κ3) is 10.4. The molecule has 0 aliphatic carbocycles. The van der Waals surface area contributed by atoms with Gasteiger partial charge in [0.1, 0.15) is 5.78 Å². The van der Waals surface area contributed by atoms with E-state index in [-0.39, 0.29) is 5.78 Å². The Morgan fingerprint density at radius 1 is 1.50 bits per heavy atom. The van der Waals surface area contributed by atoms with E-state index in [1.807, 2.05) is 16.9 Å². The summed E-state index contributed by atoms with van der Waals surface area (Å²) in [6.07, 6.45) is 6.40. The SMILES string of the molecule is CC(=O)CCCCn1cccn1.C[N+](=O)[O-]. The third-order valence-electron chi connectivity index (χ3n) is 1.73. The van der Waals surface area contributed by atoms with Crippen LogP contribution in [0, 0.1) is 10.1 Å². The number of ketones is 1. The van der Waals surface area contributed by atoms with Crippen molar-refractivity contribution >= 4 is 5.78 Å². The largest absolute Gasteiger partial charge is 0.300 e. The molecular formula is C10H17N3O3. The van der Waals surface area contributed by atoms with E-state index in [0.717, 1.165) is 26.4 Å². The molecule has 0 spiro atoms. The van der Waals surface area contributed by atoms with Crippen LogP contribution in [0.1, 0.15) is 26.2 Å². The molecule has 0 unspecified atom stereocenters. The maximum Gasteiger partial charge on any atom is 0.194 e. The number of nitro groups is 1. The zero-order valence-electron chi connectivity index (χ0n) is 9.63. The van der Waals surface area contributed by atoms with E-state index in [4.69, 9.17) is 10.1 Å². The number of nitrogens with zero attached hydrogens (tertiary/aromatic N) is 3. The Hall–Kier alpha value is -1.72. The van der Waals surface area contributed by atoms with E-state index in [1.165, 1.54) is 0 Å². The minimum Gasteiger partial charge on any atom is -0.300 e. The van der Waals surface area contributed by atoms with E-state index in [1.54, 1.807) is 13.1 Å². The summed E-state index contributed by atoms with van der Waals surface area (Å²) in [6.45, 7) is 2.55. The van der Waals surface area contributed by atoms with Crippen LogP contribution in [0.2, 0.25) is 0 Å². The standard InChI is InChI=1S/C9H14N2O.CH3NO2/c1-9(12)5-2-3-7-11-8-4-6-10-11;1-2(3)4/h4,6,8H,2-3,5,7H2,1H3;1H3. The molecule has 16 heavy (non-hydrogen) atoms. The van der Waals surface area contributed by atoms with Crippen molar-refractivity contribution in [1.82, 2.24) is 9.78 Å². The van der Waals surface area contributed by atoms with E-state index >= 15 is 0 Å². The molecule has 0 bridgehead atoms. The van der Waals surface area contributed by atoms with Gasteiger partial charge in [-0.2, -0.15) is 5.10 Å². The second kappa shape index (κ2) is 8.58. The van der Waals surface area contributed by atoms with Crippen LogP contribution in [0.5, 0.6) is 0 Å². The fraction of sp³-hybridized carbons (Fsp3) is 0.600. The van der Waals surface area contributed by atoms with Crippen molar-refractivity contribution in [1.29, 1.82) is 0 Å². The molecule has 0 aromatic carbocycles. The number of carbonyl (C=O) groups is 1. The van der Waals surface area contributed by atoms with Gasteiger partial charge in [0, 0.05) is 30.3 Å². The highest BCUT2D eigenvalue weighted by Crippen LogP contribution is 1.98. The highest BCUT2D eigenvalue weighted by Gasteiger charge is 1.94. The predicted molar refractivity (Wildman–Crippen MR) is 59.7 cm³/mol. The molecule has 0 saturated heterocycles. The highest BCUT2D eigenvalue weighted by molar-refractivity contribution is 5.75. The lowest BCUT2D eigenvalue weighted by Crippen LogP contribution is -1.99. The first kappa shape index (κ1) is 14.3. The van der Waals surface area contributed by atoms with Crippen molar-refractivity contribution in [3.05, 3.63) is 28.6 Å². The van der Waals surface area contributed by atoms with Gasteiger partial charge in [-0.25, -0.2) is 0 Å². The Morgan fingerprint density at radius 3 is 2.56 bits per heavy atom. The second-order valence-electron chi connectivity index (χ2n) is 3.37. The van der Waals surface area contributed by atoms with Crippen LogP contribution in [0.15, 0.2) is 18.5 Å². The Labute approximate surface area is 94.4 Å². The lowest BCUT2D eigenvalue weighted by atomic mass is 10.2. The Kier molecular flexibility index (Phi) is 7.66. The average Bonchev–Trinajstić information content (AvgIpc) is 2.63. The van der Waals surface area contributed by atoms with Gasteiger partial charge in [0.2, 0.25) is 0 Å². The van der Waals surface area contributed by atoms with Gasteiger partial charge in [-0.05, 0) is 25.8 Å². The summed E-state index contributed by atoms with van der Waals surface area (Å²) >= 11 is 0. The van der Waals surface area contributed by atoms with Gasteiger partial charge in [-0.15, -0.1) is 0 Å². The second-order valence-corrected chi connectivity index (χ2v) is 3.37. The topological polar surface area (TPSA) is 78.0 Å². The van der Waals surface area contributed by atoms with Crippen molar-refractivity contribution in [2.24, 2.45) is 0 Å². The first-order valence-electron chi connectivity index (χ1n) is 5.07. The molecule has 1 aromatic heterocycles. The fourth-order valence-electron chi connectivity index (χ4n) is 1.08. The summed E-state index contributed by atoms with van der Waals surface area (Å²) in [4.78, 5) is 18.9. The smallest absolute Gasteiger partial charge is 0.194 e. The summed E-state index contributed by atoms with van der Waals surface area (Å²) in [6, 6.07) is 1.91. The molecule has 0 radical (unpaired) electrons. The molecule has 0 amide bonds. The maximum absolute atomic E-state index is 10.6. The van der Waals surface area contributed by atoms with Crippen LogP contribution in [-0.2, 0) is 11.3 Å². The number of carbonyl (C=O) groups excluding carboxylic acids is 1. The Balaban J connectivity index is 0.000000487. The normalized spacial score (nSPS) is 9.12. The van der Waals surface area contributed by atoms with Crippen LogP contribution in [0.3, 0.4) is 0 Å². The van der Waals surface area contributed by atoms with E-state index in [0.29, 0.717) is 6.42 Å². The highest BCUT2D eigenvalue weighted by atomic mass is 16.6. The van der Waals surface area contributed by atoms with Gasteiger partial charge in [0.05, 0.1) is 0 Å². The quantitative estimate of drug-likeness (QED) is 0.434. The lowest BCUT2D eigenvalue weighted by molar-refractivity contribution is -0.445. The molecule has 1 heterocycles. The van der Waals surface area contributed by atoms with E-state index in [2.05, 4.69) is 5.10 Å². The fourth-order valence-corrected chi connectivity index (χ4v) is 1.08. The van der Waals surface area contributed by atoms with Crippen LogP contribution in [0.25, 0.3) is 0 Å². The molecule has 6 nitrogen and oxygen atoms in total. The third-order valence-corrected chi connectivity index (χ3v) is 1.73. The van der Waals surface area contributed by atoms with Crippen molar-refractivity contribution in [3.8, 4) is 0 Å². The number of Topliss-reactive ketones (excluding diaryl/α,β-unsaturated/α-hetero) is 1. The number of hydrogen-bond acceptors (Lipinski definition) is 4. The predicted octanol–water partition coefficient (Wildman–Crippen LogP) is 1.54. The van der Waals surface area contributed by atoms with Gasteiger partial charge in [-0.1, -0.05) is 0 Å². The van der Waals surface area contributed by atoms with E-state index in [9.17, 15) is 4.79 Å². The van der Waals surface area contributed by atoms with Gasteiger partial charge in [0.15, 0.2) is 7.05 Å². The summed E-state index contributed by atoms with van der Waals surface area (Å²) in [5, 5.41) is 12.9. The molecule has 0 N–H and O–H groups in total. The minimum absolute atomic E-state index is 0.274. The van der Waals surface area contributed by atoms with Crippen molar-refractivity contribution in [2.45, 2.75) is 32.7 Å². The molecule has 0 fully saturated rings. The molecular weight excluding hydrogens is 210 g/mol. The summed E-state index contributed by atoms with van der Waals surface area (Å²) in [5.41, 5.74) is 0. The van der Waals surface area contributed by atoms with E-state index < -0.39 is 4.92 Å². The number of hydrogen-bond donors (Lipinski definition) is 0. The molecule has 1 rings (SSSR count). The molecule has 90 valence electrons. The minimum atomic E-state index is -0.500. The number of rotatable bonds is 5. The van der Waals surface area contributed by atoms with Gasteiger partial charge in [0.25, 0.3) is 0 Å². The lowest BCUT2D eigenvalue weighted by Gasteiger charge is -1.99. The Bertz CT molecular complexity index is 305. The van der Waals surface area contributed by atoms with Gasteiger partial charge < -0.3 is 4.79 Å². The number of aromatic nitrogens is 2. The monoisotopic (exact) mass is 227 g/mol. The zero-order chi connectivity index (χ0) is 12.4. The zero-order valence-corrected chi connectivity index (χ0v) is 9.63. The summed E-state index contributed by atoms with van der Waals surface area (Å²) < 4.78 is 1.89. The van der Waals surface area contributed by atoms with Crippen LogP contribution in [-0.4, -0.2) is 27.5 Å². The molecule has 0 aliphatic heterocycles. The summed E-state index contributed by atoms with van der Waals surface area (Å²) in [5.74, 6) is 0.274. The van der Waals surface area contributed by atoms with Crippen molar-refractivity contribution < 1.29 is 9.72 Å². The maximum atomic E-state index is 10.6.